The van der Waals surface area contributed by atoms with Gasteiger partial charge >= 0.3 is 0 Å². The summed E-state index contributed by atoms with van der Waals surface area (Å²) < 4.78 is 12.9. The summed E-state index contributed by atoms with van der Waals surface area (Å²) in [4.78, 5) is 25.1. The standard InChI is InChI=1S/C12H8FN3O4/c13-11-5-7(3-4-14-11)12(18)15-9-6-8(16(19)20)1-2-10(9)17/h1-6,17H,(H,15,18). The van der Waals surface area contributed by atoms with Crippen LogP contribution in [-0.4, -0.2) is 20.9 Å². The number of hydrogen-bond acceptors (Lipinski definition) is 5. The van der Waals surface area contributed by atoms with E-state index in [1.807, 2.05) is 0 Å². The molecule has 0 saturated heterocycles. The van der Waals surface area contributed by atoms with Gasteiger partial charge in [-0.25, -0.2) is 4.98 Å². The number of nitrogens with one attached hydrogen (secondary N) is 1. The van der Waals surface area contributed by atoms with Gasteiger partial charge < -0.3 is 10.4 Å². The molecule has 0 unspecified atom stereocenters. The van der Waals surface area contributed by atoms with Crippen molar-refractivity contribution in [2.75, 3.05) is 5.32 Å². The van der Waals surface area contributed by atoms with E-state index >= 15 is 0 Å². The number of halogens is 1. The molecule has 102 valence electrons. The quantitative estimate of drug-likeness (QED) is 0.387. The second-order valence-corrected chi connectivity index (χ2v) is 3.78. The third-order valence-electron chi connectivity index (χ3n) is 2.43. The summed E-state index contributed by atoms with van der Waals surface area (Å²) >= 11 is 0. The lowest BCUT2D eigenvalue weighted by Crippen LogP contribution is -2.12. The Morgan fingerprint density at radius 3 is 2.75 bits per heavy atom. The predicted octanol–water partition coefficient (Wildman–Crippen LogP) is 2.09. The highest BCUT2D eigenvalue weighted by atomic mass is 19.1. The molecular weight excluding hydrogens is 269 g/mol. The molecule has 1 amide bonds. The summed E-state index contributed by atoms with van der Waals surface area (Å²) in [6.45, 7) is 0. The normalized spacial score (nSPS) is 10.1. The highest BCUT2D eigenvalue weighted by molar-refractivity contribution is 6.05. The fraction of sp³-hybridized carbons (Fsp3) is 0. The van der Waals surface area contributed by atoms with E-state index in [-0.39, 0.29) is 22.7 Å². The van der Waals surface area contributed by atoms with E-state index < -0.39 is 16.8 Å². The van der Waals surface area contributed by atoms with Gasteiger partial charge in [-0.2, -0.15) is 4.39 Å². The summed E-state index contributed by atoms with van der Waals surface area (Å²) in [5.74, 6) is -1.89. The molecule has 0 fully saturated rings. The fourth-order valence-electron chi connectivity index (χ4n) is 1.48. The molecular formula is C12H8FN3O4. The van der Waals surface area contributed by atoms with E-state index in [9.17, 15) is 24.4 Å². The van der Waals surface area contributed by atoms with Crippen molar-refractivity contribution in [2.24, 2.45) is 0 Å². The van der Waals surface area contributed by atoms with Crippen LogP contribution < -0.4 is 5.32 Å². The van der Waals surface area contributed by atoms with Crippen molar-refractivity contribution in [3.63, 3.8) is 0 Å². The molecule has 0 aliphatic carbocycles. The SMILES string of the molecule is O=C(Nc1cc([N+](=O)[O-])ccc1O)c1ccnc(F)c1. The number of carbonyl (C=O) groups excluding carboxylic acids is 1. The third kappa shape index (κ3) is 2.86. The van der Waals surface area contributed by atoms with Crippen molar-refractivity contribution >= 4 is 17.3 Å². The predicted molar refractivity (Wildman–Crippen MR) is 66.9 cm³/mol. The average molecular weight is 277 g/mol. The number of hydrogen-bond donors (Lipinski definition) is 2. The monoisotopic (exact) mass is 277 g/mol. The van der Waals surface area contributed by atoms with E-state index in [0.29, 0.717) is 0 Å². The first kappa shape index (κ1) is 13.4. The lowest BCUT2D eigenvalue weighted by atomic mass is 10.2. The van der Waals surface area contributed by atoms with Gasteiger partial charge in [0.25, 0.3) is 11.6 Å². The first-order chi connectivity index (χ1) is 9.47. The maximum absolute atomic E-state index is 12.9. The van der Waals surface area contributed by atoms with Crippen LogP contribution in [0.1, 0.15) is 10.4 Å². The molecule has 8 heteroatoms. The third-order valence-corrected chi connectivity index (χ3v) is 2.43. The van der Waals surface area contributed by atoms with E-state index in [4.69, 9.17) is 0 Å². The molecule has 1 aromatic heterocycles. The Morgan fingerprint density at radius 2 is 2.10 bits per heavy atom. The van der Waals surface area contributed by atoms with Gasteiger partial charge in [-0.1, -0.05) is 0 Å². The Bertz CT molecular complexity index is 690. The van der Waals surface area contributed by atoms with Crippen LogP contribution in [0.25, 0.3) is 0 Å². The zero-order chi connectivity index (χ0) is 14.7. The molecule has 0 radical (unpaired) electrons. The zero-order valence-electron chi connectivity index (χ0n) is 9.91. The van der Waals surface area contributed by atoms with Gasteiger partial charge in [0, 0.05) is 30.0 Å². The minimum Gasteiger partial charge on any atom is -0.506 e. The van der Waals surface area contributed by atoms with Crippen LogP contribution in [0.5, 0.6) is 5.75 Å². The number of nitro groups is 1. The highest BCUT2D eigenvalue weighted by Crippen LogP contribution is 2.28. The fourth-order valence-corrected chi connectivity index (χ4v) is 1.48. The number of aromatic hydroxyl groups is 1. The van der Waals surface area contributed by atoms with Crippen molar-refractivity contribution in [3.05, 3.63) is 58.2 Å². The maximum atomic E-state index is 12.9. The van der Waals surface area contributed by atoms with E-state index in [1.54, 1.807) is 0 Å². The summed E-state index contributed by atoms with van der Waals surface area (Å²) in [6.07, 6.45) is 1.11. The minimum absolute atomic E-state index is 0.0246. The molecule has 7 nitrogen and oxygen atoms in total. The molecule has 1 aromatic carbocycles. The van der Waals surface area contributed by atoms with Gasteiger partial charge in [-0.05, 0) is 12.1 Å². The van der Waals surface area contributed by atoms with E-state index in [2.05, 4.69) is 10.3 Å². The van der Waals surface area contributed by atoms with E-state index in [0.717, 1.165) is 30.5 Å². The van der Waals surface area contributed by atoms with Gasteiger partial charge in [0.05, 0.1) is 10.6 Å². The minimum atomic E-state index is -0.832. The van der Waals surface area contributed by atoms with Crippen LogP contribution in [-0.2, 0) is 0 Å². The number of anilines is 1. The Morgan fingerprint density at radius 1 is 1.35 bits per heavy atom. The van der Waals surface area contributed by atoms with Crippen molar-refractivity contribution in [3.8, 4) is 5.75 Å². The Balaban J connectivity index is 2.27. The van der Waals surface area contributed by atoms with Gasteiger partial charge in [0.2, 0.25) is 5.95 Å². The number of nitro benzene ring substituents is 1. The second-order valence-electron chi connectivity index (χ2n) is 3.78. The van der Waals surface area contributed by atoms with Crippen LogP contribution in [0, 0.1) is 16.1 Å². The summed E-state index contributed by atoms with van der Waals surface area (Å²) in [5, 5.41) is 22.4. The molecule has 1 heterocycles. The molecule has 2 rings (SSSR count). The number of aromatic nitrogens is 1. The number of non-ortho nitro benzene ring substituents is 1. The lowest BCUT2D eigenvalue weighted by molar-refractivity contribution is -0.384. The Hall–Kier alpha value is -3.03. The Kier molecular flexibility index (Phi) is 3.56. The number of rotatable bonds is 3. The molecule has 0 aliphatic rings. The molecule has 0 atom stereocenters. The molecule has 0 aliphatic heterocycles. The molecule has 2 aromatic rings. The number of benzene rings is 1. The van der Waals surface area contributed by atoms with Gasteiger partial charge in [-0.15, -0.1) is 0 Å². The number of nitrogens with zero attached hydrogens (tertiary/aromatic N) is 2. The first-order valence-corrected chi connectivity index (χ1v) is 5.37. The van der Waals surface area contributed by atoms with Gasteiger partial charge in [0.15, 0.2) is 0 Å². The van der Waals surface area contributed by atoms with Gasteiger partial charge in [-0.3, -0.25) is 14.9 Å². The molecule has 2 N–H and O–H groups in total. The first-order valence-electron chi connectivity index (χ1n) is 5.37. The van der Waals surface area contributed by atoms with Crippen LogP contribution >= 0.6 is 0 Å². The van der Waals surface area contributed by atoms with E-state index in [1.165, 1.54) is 6.07 Å². The van der Waals surface area contributed by atoms with Crippen molar-refractivity contribution in [2.45, 2.75) is 0 Å². The molecule has 0 saturated carbocycles. The molecule has 20 heavy (non-hydrogen) atoms. The number of phenols is 1. The average Bonchev–Trinajstić information content (AvgIpc) is 2.41. The molecule has 0 spiro atoms. The molecule has 0 bridgehead atoms. The zero-order valence-corrected chi connectivity index (χ0v) is 9.91. The lowest BCUT2D eigenvalue weighted by Gasteiger charge is -2.07. The Labute approximate surface area is 111 Å². The van der Waals surface area contributed by atoms with Crippen LogP contribution in [0.2, 0.25) is 0 Å². The summed E-state index contributed by atoms with van der Waals surface area (Å²) in [6, 6.07) is 5.36. The smallest absolute Gasteiger partial charge is 0.271 e. The van der Waals surface area contributed by atoms with Crippen molar-refractivity contribution < 1.29 is 19.2 Å². The number of phenolic OH excluding ortho intramolecular Hbond substituents is 1. The topological polar surface area (TPSA) is 105 Å². The van der Waals surface area contributed by atoms with Crippen molar-refractivity contribution in [1.82, 2.24) is 4.98 Å². The van der Waals surface area contributed by atoms with Crippen molar-refractivity contribution in [1.29, 1.82) is 0 Å². The number of pyridine rings is 1. The van der Waals surface area contributed by atoms with Gasteiger partial charge in [0.1, 0.15) is 5.75 Å². The highest BCUT2D eigenvalue weighted by Gasteiger charge is 2.14. The summed E-state index contributed by atoms with van der Waals surface area (Å²) in [7, 11) is 0. The number of carbonyl (C=O) groups is 1. The van der Waals surface area contributed by atoms with Crippen LogP contribution in [0.15, 0.2) is 36.5 Å². The number of amides is 1. The van der Waals surface area contributed by atoms with Crippen LogP contribution in [0.3, 0.4) is 0 Å². The largest absolute Gasteiger partial charge is 0.506 e. The summed E-state index contributed by atoms with van der Waals surface area (Å²) in [5.41, 5.74) is -0.455. The van der Waals surface area contributed by atoms with Crippen LogP contribution in [0.4, 0.5) is 15.8 Å². The maximum Gasteiger partial charge on any atom is 0.271 e. The second kappa shape index (κ2) is 5.31.